The fraction of sp³-hybridized carbons (Fsp3) is 0.391. The lowest BCUT2D eigenvalue weighted by molar-refractivity contribution is -0.918. The summed E-state index contributed by atoms with van der Waals surface area (Å²) in [6.45, 7) is 5.55. The molecule has 0 unspecified atom stereocenters. The minimum Gasteiger partial charge on any atom is -0.350 e. The first-order valence-corrected chi connectivity index (χ1v) is 10.7. The zero-order valence-corrected chi connectivity index (χ0v) is 17.6. The van der Waals surface area contributed by atoms with Crippen molar-refractivity contribution in [2.75, 3.05) is 13.1 Å². The summed E-state index contributed by atoms with van der Waals surface area (Å²) in [6, 6.07) is 14.4. The highest BCUT2D eigenvalue weighted by Gasteiger charge is 2.19. The third-order valence-corrected chi connectivity index (χ3v) is 5.76. The first kappa shape index (κ1) is 21.3. The van der Waals surface area contributed by atoms with Crippen molar-refractivity contribution in [1.82, 2.24) is 10.6 Å². The van der Waals surface area contributed by atoms with Crippen molar-refractivity contribution in [3.63, 3.8) is 0 Å². The van der Waals surface area contributed by atoms with Crippen molar-refractivity contribution in [2.45, 2.75) is 45.3 Å². The maximum Gasteiger partial charge on any atom is 0.253 e. The summed E-state index contributed by atoms with van der Waals surface area (Å²) in [6.07, 6.45) is 3.91. The number of likely N-dealkylation sites (tertiary alicyclic amines) is 1. The fourth-order valence-corrected chi connectivity index (χ4v) is 3.94. The van der Waals surface area contributed by atoms with Gasteiger partial charge in [-0.05, 0) is 43.9 Å². The van der Waals surface area contributed by atoms with Crippen molar-refractivity contribution < 1.29 is 14.5 Å². The summed E-state index contributed by atoms with van der Waals surface area (Å²) in [4.78, 5) is 26.5. The maximum atomic E-state index is 12.5. The largest absolute Gasteiger partial charge is 0.350 e. The van der Waals surface area contributed by atoms with Crippen LogP contribution >= 0.6 is 11.6 Å². The van der Waals surface area contributed by atoms with Crippen LogP contribution in [0.2, 0.25) is 5.02 Å². The van der Waals surface area contributed by atoms with Gasteiger partial charge in [-0.2, -0.15) is 0 Å². The Morgan fingerprint density at radius 1 is 1.00 bits per heavy atom. The zero-order valence-electron chi connectivity index (χ0n) is 16.8. The number of amides is 2. The molecule has 1 saturated heterocycles. The molecule has 2 aromatic rings. The molecule has 0 radical (unpaired) electrons. The van der Waals surface area contributed by atoms with Gasteiger partial charge in [0.2, 0.25) is 5.91 Å². The van der Waals surface area contributed by atoms with Crippen LogP contribution in [0.1, 0.15) is 47.7 Å². The molecule has 5 nitrogen and oxygen atoms in total. The number of carbonyl (C=O) groups excluding carboxylic acids is 2. The van der Waals surface area contributed by atoms with Gasteiger partial charge in [-0.3, -0.25) is 9.59 Å². The van der Waals surface area contributed by atoms with Gasteiger partial charge in [0, 0.05) is 12.1 Å². The molecule has 1 aliphatic heterocycles. The minimum atomic E-state index is -0.654. The Morgan fingerprint density at radius 2 is 1.66 bits per heavy atom. The van der Waals surface area contributed by atoms with Crippen LogP contribution in [0.15, 0.2) is 48.5 Å². The van der Waals surface area contributed by atoms with Crippen LogP contribution in [-0.2, 0) is 17.9 Å². The molecule has 3 rings (SSSR count). The smallest absolute Gasteiger partial charge is 0.253 e. The highest BCUT2D eigenvalue weighted by molar-refractivity contribution is 6.33. The Morgan fingerprint density at radius 3 is 2.38 bits per heavy atom. The van der Waals surface area contributed by atoms with Crippen LogP contribution in [0.5, 0.6) is 0 Å². The van der Waals surface area contributed by atoms with Gasteiger partial charge in [0.15, 0.2) is 0 Å². The lowest BCUT2D eigenvalue weighted by atomic mass is 10.0. The van der Waals surface area contributed by atoms with E-state index in [1.807, 2.05) is 6.07 Å². The van der Waals surface area contributed by atoms with Crippen LogP contribution < -0.4 is 15.5 Å². The quantitative estimate of drug-likeness (QED) is 0.651. The van der Waals surface area contributed by atoms with E-state index in [1.165, 1.54) is 37.9 Å². The molecule has 1 atom stereocenters. The lowest BCUT2D eigenvalue weighted by Crippen LogP contribution is -3.11. The number of quaternary nitrogens is 1. The minimum absolute atomic E-state index is 0.217. The molecule has 1 heterocycles. The highest BCUT2D eigenvalue weighted by atomic mass is 35.5. The van der Waals surface area contributed by atoms with Crippen molar-refractivity contribution in [3.05, 3.63) is 70.2 Å². The lowest BCUT2D eigenvalue weighted by Gasteiger charge is -2.24. The SMILES string of the molecule is C[C@H](NC(=O)c1ccccc1Cl)C(=O)NCc1ccccc1C[NH+]1CCCCC1. The van der Waals surface area contributed by atoms with E-state index in [0.717, 1.165) is 12.1 Å². The molecule has 0 bridgehead atoms. The van der Waals surface area contributed by atoms with E-state index in [0.29, 0.717) is 17.1 Å². The summed E-state index contributed by atoms with van der Waals surface area (Å²) < 4.78 is 0. The third-order valence-electron chi connectivity index (χ3n) is 5.43. The van der Waals surface area contributed by atoms with E-state index in [2.05, 4.69) is 28.8 Å². The van der Waals surface area contributed by atoms with Gasteiger partial charge in [0.1, 0.15) is 12.6 Å². The number of nitrogens with one attached hydrogen (secondary N) is 3. The number of halogens is 1. The zero-order chi connectivity index (χ0) is 20.6. The number of hydrogen-bond donors (Lipinski definition) is 3. The fourth-order valence-electron chi connectivity index (χ4n) is 3.72. The second kappa shape index (κ2) is 10.4. The maximum absolute atomic E-state index is 12.5. The second-order valence-corrected chi connectivity index (χ2v) is 8.06. The molecule has 1 fully saturated rings. The molecule has 29 heavy (non-hydrogen) atoms. The van der Waals surface area contributed by atoms with E-state index in [9.17, 15) is 9.59 Å². The Balaban J connectivity index is 1.54. The molecule has 1 aliphatic rings. The summed E-state index contributed by atoms with van der Waals surface area (Å²) in [5.41, 5.74) is 2.77. The summed E-state index contributed by atoms with van der Waals surface area (Å²) in [5.74, 6) is -0.571. The van der Waals surface area contributed by atoms with Crippen molar-refractivity contribution >= 4 is 23.4 Å². The molecular weight excluding hydrogens is 386 g/mol. The van der Waals surface area contributed by atoms with Crippen LogP contribution in [0.4, 0.5) is 0 Å². The Hall–Kier alpha value is -2.37. The normalized spacial score (nSPS) is 15.5. The number of hydrogen-bond acceptors (Lipinski definition) is 2. The molecule has 154 valence electrons. The summed E-state index contributed by atoms with van der Waals surface area (Å²) >= 11 is 6.06. The van der Waals surface area contributed by atoms with Crippen molar-refractivity contribution in [1.29, 1.82) is 0 Å². The van der Waals surface area contributed by atoms with Gasteiger partial charge in [-0.25, -0.2) is 0 Å². The van der Waals surface area contributed by atoms with E-state index >= 15 is 0 Å². The molecule has 6 heteroatoms. The van der Waals surface area contributed by atoms with E-state index < -0.39 is 6.04 Å². The molecular formula is C23H29ClN3O2+. The number of carbonyl (C=O) groups is 2. The topological polar surface area (TPSA) is 62.6 Å². The van der Waals surface area contributed by atoms with Gasteiger partial charge in [-0.1, -0.05) is 48.0 Å². The summed E-state index contributed by atoms with van der Waals surface area (Å²) in [5, 5.41) is 6.03. The van der Waals surface area contributed by atoms with Crippen LogP contribution in [0.25, 0.3) is 0 Å². The van der Waals surface area contributed by atoms with Crippen LogP contribution in [-0.4, -0.2) is 30.9 Å². The number of rotatable bonds is 7. The predicted molar refractivity (Wildman–Crippen MR) is 115 cm³/mol. The molecule has 3 N–H and O–H groups in total. The Bertz CT molecular complexity index is 850. The van der Waals surface area contributed by atoms with Crippen molar-refractivity contribution in [2.24, 2.45) is 0 Å². The molecule has 0 aromatic heterocycles. The second-order valence-electron chi connectivity index (χ2n) is 7.65. The average Bonchev–Trinajstić information content (AvgIpc) is 2.74. The first-order chi connectivity index (χ1) is 14.0. The van der Waals surface area contributed by atoms with Gasteiger partial charge >= 0.3 is 0 Å². The molecule has 2 aromatic carbocycles. The van der Waals surface area contributed by atoms with Crippen LogP contribution in [0, 0.1) is 0 Å². The molecule has 0 spiro atoms. The molecule has 0 aliphatic carbocycles. The molecule has 0 saturated carbocycles. The standard InChI is InChI=1S/C23H28ClN3O2/c1-17(26-23(29)20-11-5-6-12-21(20)24)22(28)25-15-18-9-3-4-10-19(18)16-27-13-7-2-8-14-27/h3-6,9-12,17H,2,7-8,13-16H2,1H3,(H,25,28)(H,26,29)/p+1/t17-/m0/s1. The van der Waals surface area contributed by atoms with E-state index in [-0.39, 0.29) is 11.8 Å². The Labute approximate surface area is 177 Å². The number of piperidine rings is 1. The van der Waals surface area contributed by atoms with Gasteiger partial charge in [0.25, 0.3) is 5.91 Å². The van der Waals surface area contributed by atoms with Gasteiger partial charge in [-0.15, -0.1) is 0 Å². The highest BCUT2D eigenvalue weighted by Crippen LogP contribution is 2.14. The first-order valence-electron chi connectivity index (χ1n) is 10.3. The monoisotopic (exact) mass is 414 g/mol. The van der Waals surface area contributed by atoms with E-state index in [4.69, 9.17) is 11.6 Å². The molecule has 2 amide bonds. The van der Waals surface area contributed by atoms with E-state index in [1.54, 1.807) is 36.1 Å². The van der Waals surface area contributed by atoms with Gasteiger partial charge in [0.05, 0.1) is 23.7 Å². The summed E-state index contributed by atoms with van der Waals surface area (Å²) in [7, 11) is 0. The Kier molecular flexibility index (Phi) is 7.67. The predicted octanol–water partition coefficient (Wildman–Crippen LogP) is 2.34. The van der Waals surface area contributed by atoms with Gasteiger partial charge < -0.3 is 15.5 Å². The van der Waals surface area contributed by atoms with Crippen molar-refractivity contribution in [3.8, 4) is 0 Å². The number of benzene rings is 2. The van der Waals surface area contributed by atoms with Crippen LogP contribution in [0.3, 0.4) is 0 Å². The third kappa shape index (κ3) is 6.05. The average molecular weight is 415 g/mol.